The van der Waals surface area contributed by atoms with Gasteiger partial charge in [-0.15, -0.1) is 0 Å². The molecular weight excluding hydrogens is 298 g/mol. The van der Waals surface area contributed by atoms with Gasteiger partial charge in [-0.2, -0.15) is 0 Å². The summed E-state index contributed by atoms with van der Waals surface area (Å²) in [6, 6.07) is 4.74. The zero-order valence-corrected chi connectivity index (χ0v) is 13.8. The van der Waals surface area contributed by atoms with Gasteiger partial charge in [-0.25, -0.2) is 8.78 Å². The SMILES string of the molecule is CC(=O)N1CCC[C@@H]1[C@H]1CCCN1[C@H](C)c1ccc(F)c(F)c1. The van der Waals surface area contributed by atoms with Crippen LogP contribution in [0.15, 0.2) is 18.2 Å². The van der Waals surface area contributed by atoms with Gasteiger partial charge < -0.3 is 4.90 Å². The number of hydrogen-bond donors (Lipinski definition) is 0. The molecule has 0 unspecified atom stereocenters. The van der Waals surface area contributed by atoms with Crippen molar-refractivity contribution >= 4 is 5.91 Å². The van der Waals surface area contributed by atoms with Crippen LogP contribution in [0.25, 0.3) is 0 Å². The number of amides is 1. The van der Waals surface area contributed by atoms with E-state index in [1.807, 2.05) is 11.8 Å². The highest BCUT2D eigenvalue weighted by atomic mass is 19.2. The van der Waals surface area contributed by atoms with Crippen molar-refractivity contribution in [2.24, 2.45) is 0 Å². The van der Waals surface area contributed by atoms with Crippen molar-refractivity contribution in [1.29, 1.82) is 0 Å². The van der Waals surface area contributed by atoms with E-state index in [2.05, 4.69) is 4.90 Å². The Hall–Kier alpha value is -1.49. The smallest absolute Gasteiger partial charge is 0.219 e. The number of benzene rings is 1. The van der Waals surface area contributed by atoms with Crippen LogP contribution in [0.1, 0.15) is 51.1 Å². The van der Waals surface area contributed by atoms with Crippen LogP contribution in [0, 0.1) is 11.6 Å². The Morgan fingerprint density at radius 3 is 2.52 bits per heavy atom. The highest BCUT2D eigenvalue weighted by Crippen LogP contribution is 2.35. The second kappa shape index (κ2) is 6.56. The molecule has 3 atom stereocenters. The summed E-state index contributed by atoms with van der Waals surface area (Å²) >= 11 is 0. The maximum atomic E-state index is 13.5. The van der Waals surface area contributed by atoms with E-state index in [1.165, 1.54) is 12.1 Å². The summed E-state index contributed by atoms with van der Waals surface area (Å²) in [5.74, 6) is -1.46. The lowest BCUT2D eigenvalue weighted by Crippen LogP contribution is -2.48. The molecule has 0 spiro atoms. The molecule has 23 heavy (non-hydrogen) atoms. The van der Waals surface area contributed by atoms with Gasteiger partial charge in [0.2, 0.25) is 5.91 Å². The van der Waals surface area contributed by atoms with Gasteiger partial charge >= 0.3 is 0 Å². The Kier molecular flexibility index (Phi) is 4.67. The van der Waals surface area contributed by atoms with Gasteiger partial charge in [0.15, 0.2) is 11.6 Å². The van der Waals surface area contributed by atoms with Crippen LogP contribution in [0.4, 0.5) is 8.78 Å². The van der Waals surface area contributed by atoms with Crippen LogP contribution in [0.2, 0.25) is 0 Å². The molecule has 2 saturated heterocycles. The Morgan fingerprint density at radius 2 is 1.83 bits per heavy atom. The summed E-state index contributed by atoms with van der Waals surface area (Å²) in [6.45, 7) is 5.45. The van der Waals surface area contributed by atoms with E-state index in [9.17, 15) is 13.6 Å². The van der Waals surface area contributed by atoms with Gasteiger partial charge in [0.25, 0.3) is 0 Å². The summed E-state index contributed by atoms with van der Waals surface area (Å²) in [7, 11) is 0. The number of likely N-dealkylation sites (tertiary alicyclic amines) is 2. The van der Waals surface area contributed by atoms with Crippen LogP contribution in [-0.2, 0) is 4.79 Å². The number of nitrogens with zero attached hydrogens (tertiary/aromatic N) is 2. The summed E-state index contributed by atoms with van der Waals surface area (Å²) in [5.41, 5.74) is 0.795. The van der Waals surface area contributed by atoms with E-state index in [4.69, 9.17) is 0 Å². The van der Waals surface area contributed by atoms with Crippen molar-refractivity contribution in [2.75, 3.05) is 13.1 Å². The van der Waals surface area contributed by atoms with Crippen molar-refractivity contribution in [3.05, 3.63) is 35.4 Å². The molecule has 3 rings (SSSR count). The molecule has 0 N–H and O–H groups in total. The molecule has 1 aromatic carbocycles. The first-order chi connectivity index (χ1) is 11.0. The van der Waals surface area contributed by atoms with E-state index >= 15 is 0 Å². The van der Waals surface area contributed by atoms with Crippen molar-refractivity contribution in [3.63, 3.8) is 0 Å². The summed E-state index contributed by atoms with van der Waals surface area (Å²) < 4.78 is 26.7. The van der Waals surface area contributed by atoms with Crippen molar-refractivity contribution in [3.8, 4) is 0 Å². The predicted octanol–water partition coefficient (Wildman–Crippen LogP) is 3.50. The molecule has 2 fully saturated rings. The quantitative estimate of drug-likeness (QED) is 0.850. The van der Waals surface area contributed by atoms with Crippen LogP contribution in [-0.4, -0.2) is 40.9 Å². The van der Waals surface area contributed by atoms with Crippen molar-refractivity contribution in [1.82, 2.24) is 9.80 Å². The summed E-state index contributed by atoms with van der Waals surface area (Å²) in [4.78, 5) is 16.2. The van der Waals surface area contributed by atoms with Gasteiger partial charge in [0, 0.05) is 31.6 Å². The lowest BCUT2D eigenvalue weighted by atomic mass is 9.99. The van der Waals surface area contributed by atoms with Crippen LogP contribution < -0.4 is 0 Å². The van der Waals surface area contributed by atoms with E-state index < -0.39 is 11.6 Å². The molecule has 1 amide bonds. The van der Waals surface area contributed by atoms with Gasteiger partial charge in [0.1, 0.15) is 0 Å². The van der Waals surface area contributed by atoms with E-state index in [1.54, 1.807) is 13.0 Å². The third kappa shape index (κ3) is 3.11. The van der Waals surface area contributed by atoms with Gasteiger partial charge in [-0.05, 0) is 56.8 Å². The zero-order chi connectivity index (χ0) is 16.6. The Labute approximate surface area is 136 Å². The fourth-order valence-electron chi connectivity index (χ4n) is 4.26. The van der Waals surface area contributed by atoms with Gasteiger partial charge in [-0.3, -0.25) is 9.69 Å². The molecule has 1 aromatic rings. The fraction of sp³-hybridized carbons (Fsp3) is 0.611. The van der Waals surface area contributed by atoms with Crippen LogP contribution in [0.3, 0.4) is 0 Å². The number of hydrogen-bond acceptors (Lipinski definition) is 2. The second-order valence-corrected chi connectivity index (χ2v) is 6.72. The first kappa shape index (κ1) is 16.4. The Morgan fingerprint density at radius 1 is 1.13 bits per heavy atom. The lowest BCUT2D eigenvalue weighted by molar-refractivity contribution is -0.130. The molecule has 0 aliphatic carbocycles. The second-order valence-electron chi connectivity index (χ2n) is 6.72. The van der Waals surface area contributed by atoms with Gasteiger partial charge in [0.05, 0.1) is 0 Å². The summed E-state index contributed by atoms with van der Waals surface area (Å²) in [6.07, 6.45) is 4.22. The number of halogens is 2. The zero-order valence-electron chi connectivity index (χ0n) is 13.8. The van der Waals surface area contributed by atoms with E-state index in [-0.39, 0.29) is 18.0 Å². The highest BCUT2D eigenvalue weighted by molar-refractivity contribution is 5.74. The summed E-state index contributed by atoms with van der Waals surface area (Å²) in [5, 5.41) is 0. The molecule has 2 aliphatic heterocycles. The third-order valence-corrected chi connectivity index (χ3v) is 5.41. The number of carbonyl (C=O) groups excluding carboxylic acids is 1. The molecular formula is C18H24F2N2O. The molecule has 2 aliphatic rings. The van der Waals surface area contributed by atoms with Crippen LogP contribution >= 0.6 is 0 Å². The lowest BCUT2D eigenvalue weighted by Gasteiger charge is -2.38. The minimum Gasteiger partial charge on any atom is -0.338 e. The average molecular weight is 322 g/mol. The largest absolute Gasteiger partial charge is 0.338 e. The maximum absolute atomic E-state index is 13.5. The molecule has 0 radical (unpaired) electrons. The monoisotopic (exact) mass is 322 g/mol. The minimum absolute atomic E-state index is 0.0204. The normalized spacial score (nSPS) is 26.7. The first-order valence-corrected chi connectivity index (χ1v) is 8.47. The predicted molar refractivity (Wildman–Crippen MR) is 84.9 cm³/mol. The van der Waals surface area contributed by atoms with Crippen LogP contribution in [0.5, 0.6) is 0 Å². The average Bonchev–Trinajstić information content (AvgIpc) is 3.16. The van der Waals surface area contributed by atoms with Gasteiger partial charge in [-0.1, -0.05) is 6.07 Å². The van der Waals surface area contributed by atoms with Crippen molar-refractivity contribution < 1.29 is 13.6 Å². The van der Waals surface area contributed by atoms with Crippen molar-refractivity contribution in [2.45, 2.75) is 57.7 Å². The number of carbonyl (C=O) groups is 1. The van der Waals surface area contributed by atoms with E-state index in [0.29, 0.717) is 6.04 Å². The van der Waals surface area contributed by atoms with E-state index in [0.717, 1.165) is 44.3 Å². The highest BCUT2D eigenvalue weighted by Gasteiger charge is 2.40. The molecule has 0 bridgehead atoms. The first-order valence-electron chi connectivity index (χ1n) is 8.47. The Balaban J connectivity index is 1.80. The molecule has 5 heteroatoms. The third-order valence-electron chi connectivity index (χ3n) is 5.41. The molecule has 2 heterocycles. The molecule has 126 valence electrons. The minimum atomic E-state index is -0.808. The maximum Gasteiger partial charge on any atom is 0.219 e. The fourth-order valence-corrected chi connectivity index (χ4v) is 4.26. The Bertz CT molecular complexity index is 592. The standard InChI is InChI=1S/C18H24F2N2O/c1-12(14-7-8-15(19)16(20)11-14)21-9-3-5-17(21)18-6-4-10-22(18)13(2)23/h7-8,11-12,17-18H,3-6,9-10H2,1-2H3/t12-,17-,18-/m1/s1. The molecule has 3 nitrogen and oxygen atoms in total. The molecule has 0 aromatic heterocycles. The number of rotatable bonds is 3. The topological polar surface area (TPSA) is 23.6 Å². The molecule has 0 saturated carbocycles.